The molecule has 0 aliphatic carbocycles. The Morgan fingerprint density at radius 2 is 1.76 bits per heavy atom. The van der Waals surface area contributed by atoms with Crippen LogP contribution in [-0.4, -0.2) is 7.11 Å². The van der Waals surface area contributed by atoms with Gasteiger partial charge in [0.15, 0.2) is 0 Å². The Morgan fingerprint density at radius 1 is 1.14 bits per heavy atom. The van der Waals surface area contributed by atoms with E-state index in [-0.39, 0.29) is 5.82 Å². The second kappa shape index (κ2) is 6.27. The molecule has 0 aromatic heterocycles. The predicted octanol–water partition coefficient (Wildman–Crippen LogP) is 4.00. The van der Waals surface area contributed by atoms with E-state index in [1.165, 1.54) is 35.4 Å². The molecule has 0 spiro atoms. The molecule has 0 aliphatic heterocycles. The molecule has 0 heterocycles. The van der Waals surface area contributed by atoms with Gasteiger partial charge in [-0.3, -0.25) is 0 Å². The SMILES string of the molecule is COc1cccc(F)c1C(N)Cc1c(C)cc(C)cc1C. The fourth-order valence-electron chi connectivity index (χ4n) is 2.91. The number of aryl methyl sites for hydroxylation is 3. The molecule has 2 N–H and O–H groups in total. The molecule has 1 atom stereocenters. The monoisotopic (exact) mass is 287 g/mol. The summed E-state index contributed by atoms with van der Waals surface area (Å²) in [7, 11) is 1.54. The van der Waals surface area contributed by atoms with Crippen LogP contribution in [0, 0.1) is 26.6 Å². The Hall–Kier alpha value is -1.87. The number of hydrogen-bond acceptors (Lipinski definition) is 2. The molecule has 3 heteroatoms. The molecule has 0 aliphatic rings. The summed E-state index contributed by atoms with van der Waals surface area (Å²) in [6.45, 7) is 6.21. The summed E-state index contributed by atoms with van der Waals surface area (Å²) >= 11 is 0. The molecule has 0 saturated heterocycles. The quantitative estimate of drug-likeness (QED) is 0.922. The van der Waals surface area contributed by atoms with Crippen molar-refractivity contribution in [3.05, 3.63) is 64.0 Å². The molecule has 21 heavy (non-hydrogen) atoms. The minimum Gasteiger partial charge on any atom is -0.496 e. The van der Waals surface area contributed by atoms with Crippen LogP contribution in [-0.2, 0) is 6.42 Å². The van der Waals surface area contributed by atoms with Gasteiger partial charge in [-0.1, -0.05) is 23.8 Å². The van der Waals surface area contributed by atoms with Crippen LogP contribution in [0.2, 0.25) is 0 Å². The van der Waals surface area contributed by atoms with E-state index in [0.29, 0.717) is 17.7 Å². The summed E-state index contributed by atoms with van der Waals surface area (Å²) in [5.74, 6) is 0.189. The summed E-state index contributed by atoms with van der Waals surface area (Å²) in [5, 5.41) is 0. The Balaban J connectivity index is 2.37. The molecule has 2 rings (SSSR count). The molecular weight excluding hydrogens is 265 g/mol. The smallest absolute Gasteiger partial charge is 0.131 e. The van der Waals surface area contributed by atoms with Crippen molar-refractivity contribution in [3.8, 4) is 5.75 Å². The molecule has 112 valence electrons. The fraction of sp³-hybridized carbons (Fsp3) is 0.333. The van der Waals surface area contributed by atoms with E-state index in [9.17, 15) is 4.39 Å². The second-order valence-electron chi connectivity index (χ2n) is 5.54. The number of nitrogens with two attached hydrogens (primary N) is 1. The van der Waals surface area contributed by atoms with Crippen molar-refractivity contribution < 1.29 is 9.13 Å². The van der Waals surface area contributed by atoms with Crippen LogP contribution in [0.5, 0.6) is 5.75 Å². The Kier molecular flexibility index (Phi) is 4.63. The molecule has 2 nitrogen and oxygen atoms in total. The first kappa shape index (κ1) is 15.5. The van der Waals surface area contributed by atoms with Gasteiger partial charge in [0.05, 0.1) is 7.11 Å². The zero-order valence-corrected chi connectivity index (χ0v) is 13.0. The van der Waals surface area contributed by atoms with Gasteiger partial charge in [-0.15, -0.1) is 0 Å². The third-order valence-corrected chi connectivity index (χ3v) is 3.87. The minimum atomic E-state index is -0.429. The Labute approximate surface area is 125 Å². The first-order valence-electron chi connectivity index (χ1n) is 7.08. The molecule has 0 amide bonds. The van der Waals surface area contributed by atoms with Gasteiger partial charge in [0.2, 0.25) is 0 Å². The van der Waals surface area contributed by atoms with Crippen molar-refractivity contribution in [2.45, 2.75) is 33.2 Å². The van der Waals surface area contributed by atoms with Gasteiger partial charge in [0.1, 0.15) is 11.6 Å². The van der Waals surface area contributed by atoms with Crippen molar-refractivity contribution in [3.63, 3.8) is 0 Å². The van der Waals surface area contributed by atoms with E-state index < -0.39 is 6.04 Å². The predicted molar refractivity (Wildman–Crippen MR) is 84.2 cm³/mol. The first-order valence-corrected chi connectivity index (χ1v) is 7.08. The van der Waals surface area contributed by atoms with E-state index >= 15 is 0 Å². The second-order valence-corrected chi connectivity index (χ2v) is 5.54. The summed E-state index contributed by atoms with van der Waals surface area (Å²) < 4.78 is 19.3. The Bertz CT molecular complexity index is 629. The highest BCUT2D eigenvalue weighted by Crippen LogP contribution is 2.30. The van der Waals surface area contributed by atoms with Gasteiger partial charge in [-0.05, 0) is 56.0 Å². The van der Waals surface area contributed by atoms with Crippen LogP contribution in [0.1, 0.15) is 33.9 Å². The lowest BCUT2D eigenvalue weighted by atomic mass is 9.91. The molecule has 2 aromatic rings. The number of methoxy groups -OCH3 is 1. The van der Waals surface area contributed by atoms with Crippen molar-refractivity contribution >= 4 is 0 Å². The lowest BCUT2D eigenvalue weighted by Crippen LogP contribution is -2.17. The lowest BCUT2D eigenvalue weighted by Gasteiger charge is -2.19. The van der Waals surface area contributed by atoms with Crippen molar-refractivity contribution in [1.29, 1.82) is 0 Å². The molecule has 0 fully saturated rings. The van der Waals surface area contributed by atoms with Gasteiger partial charge >= 0.3 is 0 Å². The van der Waals surface area contributed by atoms with Crippen LogP contribution in [0.25, 0.3) is 0 Å². The zero-order chi connectivity index (χ0) is 15.6. The van der Waals surface area contributed by atoms with E-state index in [0.717, 1.165) is 0 Å². The highest BCUT2D eigenvalue weighted by atomic mass is 19.1. The normalized spacial score (nSPS) is 12.3. The molecule has 2 aromatic carbocycles. The number of halogens is 1. The number of hydrogen-bond donors (Lipinski definition) is 1. The van der Waals surface area contributed by atoms with Gasteiger partial charge in [-0.25, -0.2) is 4.39 Å². The maximum absolute atomic E-state index is 14.1. The number of benzene rings is 2. The van der Waals surface area contributed by atoms with E-state index in [2.05, 4.69) is 32.9 Å². The van der Waals surface area contributed by atoms with Crippen molar-refractivity contribution in [1.82, 2.24) is 0 Å². The van der Waals surface area contributed by atoms with Crippen LogP contribution < -0.4 is 10.5 Å². The summed E-state index contributed by atoms with van der Waals surface area (Å²) in [5.41, 5.74) is 11.5. The maximum Gasteiger partial charge on any atom is 0.131 e. The third kappa shape index (κ3) is 3.24. The number of ether oxygens (including phenoxy) is 1. The Morgan fingerprint density at radius 3 is 2.33 bits per heavy atom. The molecular formula is C18H22FNO. The lowest BCUT2D eigenvalue weighted by molar-refractivity contribution is 0.398. The van der Waals surface area contributed by atoms with E-state index in [1.807, 2.05) is 0 Å². The first-order chi connectivity index (χ1) is 9.93. The third-order valence-electron chi connectivity index (χ3n) is 3.87. The van der Waals surface area contributed by atoms with Gasteiger partial charge in [0.25, 0.3) is 0 Å². The van der Waals surface area contributed by atoms with E-state index in [4.69, 9.17) is 10.5 Å². The van der Waals surface area contributed by atoms with Crippen LogP contribution in [0.3, 0.4) is 0 Å². The summed E-state index contributed by atoms with van der Waals surface area (Å²) in [4.78, 5) is 0. The van der Waals surface area contributed by atoms with Gasteiger partial charge in [0, 0.05) is 11.6 Å². The summed E-state index contributed by atoms with van der Waals surface area (Å²) in [6.07, 6.45) is 0.592. The standard InChI is InChI=1S/C18H22FNO/c1-11-8-12(2)14(13(3)9-11)10-16(20)18-15(19)6-5-7-17(18)21-4/h5-9,16H,10,20H2,1-4H3. The molecule has 1 unspecified atom stereocenters. The molecule has 0 saturated carbocycles. The van der Waals surface area contributed by atoms with Gasteiger partial charge < -0.3 is 10.5 Å². The topological polar surface area (TPSA) is 35.2 Å². The van der Waals surface area contributed by atoms with Crippen LogP contribution >= 0.6 is 0 Å². The largest absolute Gasteiger partial charge is 0.496 e. The fourth-order valence-corrected chi connectivity index (χ4v) is 2.91. The molecule has 0 radical (unpaired) electrons. The average Bonchev–Trinajstić information content (AvgIpc) is 2.42. The zero-order valence-electron chi connectivity index (χ0n) is 13.0. The number of rotatable bonds is 4. The van der Waals surface area contributed by atoms with Crippen LogP contribution in [0.4, 0.5) is 4.39 Å². The van der Waals surface area contributed by atoms with Crippen molar-refractivity contribution in [2.24, 2.45) is 5.73 Å². The average molecular weight is 287 g/mol. The van der Waals surface area contributed by atoms with Gasteiger partial charge in [-0.2, -0.15) is 0 Å². The summed E-state index contributed by atoms with van der Waals surface area (Å²) in [6, 6.07) is 8.63. The molecule has 0 bridgehead atoms. The highest BCUT2D eigenvalue weighted by Gasteiger charge is 2.19. The van der Waals surface area contributed by atoms with E-state index in [1.54, 1.807) is 12.1 Å². The highest BCUT2D eigenvalue weighted by molar-refractivity contribution is 5.42. The maximum atomic E-state index is 14.1. The van der Waals surface area contributed by atoms with Crippen LogP contribution in [0.15, 0.2) is 30.3 Å². The minimum absolute atomic E-state index is 0.315. The van der Waals surface area contributed by atoms with Crippen molar-refractivity contribution in [2.75, 3.05) is 7.11 Å².